The lowest BCUT2D eigenvalue weighted by molar-refractivity contribution is -0.136. The first kappa shape index (κ1) is 45.5. The number of fused-ring (bicyclic) bond motifs is 2. The Labute approximate surface area is 391 Å². The lowest BCUT2D eigenvalue weighted by Gasteiger charge is -2.50. The number of piperidine rings is 2. The van der Waals surface area contributed by atoms with Gasteiger partial charge in [0.25, 0.3) is 5.91 Å². The zero-order valence-corrected chi connectivity index (χ0v) is 38.6. The fraction of sp³-hybridized carbons (Fsp3) is 0.408. The molecule has 5 aromatic rings. The van der Waals surface area contributed by atoms with Crippen LogP contribution in [0.1, 0.15) is 77.8 Å². The van der Waals surface area contributed by atoms with Gasteiger partial charge in [0.05, 0.1) is 11.3 Å². The third-order valence-corrected chi connectivity index (χ3v) is 16.3. The van der Waals surface area contributed by atoms with Crippen molar-refractivity contribution in [2.24, 2.45) is 5.92 Å². The number of piperazine rings is 1. The molecule has 3 amide bonds. The molecule has 0 spiro atoms. The highest BCUT2D eigenvalue weighted by atomic mass is 32.2. The molecular weight excluding hydrogens is 900 g/mol. The van der Waals surface area contributed by atoms with Crippen molar-refractivity contribution < 1.29 is 40.8 Å². The number of H-pyrrole nitrogens is 1. The number of carbonyl (C=O) groups excluding carboxylic acids is 4. The van der Waals surface area contributed by atoms with E-state index >= 15 is 8.78 Å². The lowest BCUT2D eigenvalue weighted by atomic mass is 9.78. The molecule has 4 saturated heterocycles. The number of hydrogen-bond acceptors (Lipinski definition) is 10. The van der Waals surface area contributed by atoms with Gasteiger partial charge in [0.1, 0.15) is 23.7 Å². The molecule has 0 radical (unpaired) electrons. The largest absolute Gasteiger partial charge is 0.372 e. The predicted molar refractivity (Wildman–Crippen MR) is 250 cm³/mol. The number of nitrogens with zero attached hydrogens (tertiary/aromatic N) is 6. The van der Waals surface area contributed by atoms with Crippen molar-refractivity contribution in [1.82, 2.24) is 29.4 Å². The first-order valence-corrected chi connectivity index (χ1v) is 24.5. The van der Waals surface area contributed by atoms with Crippen LogP contribution in [0.25, 0.3) is 22.2 Å². The molecule has 10 rings (SSSR count). The van der Waals surface area contributed by atoms with E-state index in [2.05, 4.69) is 49.9 Å². The van der Waals surface area contributed by atoms with Crippen LogP contribution >= 0.6 is 0 Å². The Morgan fingerprint density at radius 3 is 2.26 bits per heavy atom. The molecule has 5 aliphatic rings. The Morgan fingerprint density at radius 1 is 0.838 bits per heavy atom. The second kappa shape index (κ2) is 17.6. The highest BCUT2D eigenvalue weighted by Gasteiger charge is 2.41. The van der Waals surface area contributed by atoms with Gasteiger partial charge in [-0.15, -0.1) is 0 Å². The Balaban J connectivity index is 0.752. The van der Waals surface area contributed by atoms with Gasteiger partial charge >= 0.3 is 10.2 Å². The van der Waals surface area contributed by atoms with Crippen LogP contribution in [0, 0.1) is 17.6 Å². The molecule has 4 fully saturated rings. The van der Waals surface area contributed by atoms with Gasteiger partial charge in [0.2, 0.25) is 17.6 Å². The summed E-state index contributed by atoms with van der Waals surface area (Å²) < 4.78 is 73.3. The van der Waals surface area contributed by atoms with Crippen LogP contribution in [0.2, 0.25) is 0 Å². The maximum atomic E-state index is 15.8. The summed E-state index contributed by atoms with van der Waals surface area (Å²) in [6.45, 7) is 9.86. The third-order valence-electron chi connectivity index (χ3n) is 14.8. The van der Waals surface area contributed by atoms with Gasteiger partial charge in [-0.25, -0.2) is 18.2 Å². The standard InChI is InChI=1S/C49H52F3N9O6S/c1-49(2,32-13-16-57(17-14-32)35-7-8-36-31(23-35)27-61(48(36)65)41-11-12-42(62)55-47(41)64)59-21-19-58(20-22-59)34-5-3-29(4-6-34)30-24-37-38(26-54-46(37)53-25-30)45(63)43-39(51)9-10-40(44(43)52)56-68(66,67)60-18-15-33(50)28-60/h3-10,23-26,32-33,41,56H,11-22,27-28H2,1-2H3,(H,53,54)(H,55,62,64)/t33-,41?/m1/s1. The monoisotopic (exact) mass is 951 g/mol. The lowest BCUT2D eigenvalue weighted by Crippen LogP contribution is -2.59. The molecule has 356 valence electrons. The van der Waals surface area contributed by atoms with E-state index in [0.29, 0.717) is 41.0 Å². The molecule has 5 aliphatic heterocycles. The number of ketones is 1. The number of pyridine rings is 1. The summed E-state index contributed by atoms with van der Waals surface area (Å²) >= 11 is 0. The number of benzene rings is 3. The molecule has 1 unspecified atom stereocenters. The Hall–Kier alpha value is -6.31. The number of anilines is 3. The summed E-state index contributed by atoms with van der Waals surface area (Å²) in [6.07, 6.45) is 4.24. The van der Waals surface area contributed by atoms with Crippen molar-refractivity contribution >= 4 is 61.8 Å². The van der Waals surface area contributed by atoms with Crippen molar-refractivity contribution in [3.8, 4) is 11.1 Å². The van der Waals surface area contributed by atoms with Gasteiger partial charge in [0.15, 0.2) is 5.82 Å². The van der Waals surface area contributed by atoms with Crippen LogP contribution in [0.5, 0.6) is 0 Å². The summed E-state index contributed by atoms with van der Waals surface area (Å²) in [6, 6.07) is 16.8. The molecule has 15 nitrogen and oxygen atoms in total. The van der Waals surface area contributed by atoms with E-state index in [0.717, 1.165) is 91.0 Å². The fourth-order valence-corrected chi connectivity index (χ4v) is 12.0. The smallest absolute Gasteiger partial charge is 0.301 e. The van der Waals surface area contributed by atoms with Crippen LogP contribution in [0.4, 0.5) is 30.2 Å². The number of aromatic nitrogens is 2. The first-order valence-electron chi connectivity index (χ1n) is 23.1. The summed E-state index contributed by atoms with van der Waals surface area (Å²) in [7, 11) is -4.36. The number of imide groups is 1. The van der Waals surface area contributed by atoms with Crippen LogP contribution in [0.15, 0.2) is 73.1 Å². The zero-order valence-electron chi connectivity index (χ0n) is 37.7. The molecule has 7 heterocycles. The van der Waals surface area contributed by atoms with Crippen molar-refractivity contribution in [2.45, 2.75) is 70.2 Å². The van der Waals surface area contributed by atoms with Crippen molar-refractivity contribution in [3.63, 3.8) is 0 Å². The molecule has 19 heteroatoms. The normalized spacial score (nSPS) is 21.2. The van der Waals surface area contributed by atoms with E-state index in [9.17, 15) is 32.0 Å². The maximum absolute atomic E-state index is 15.8. The van der Waals surface area contributed by atoms with Crippen molar-refractivity contribution in [3.05, 3.63) is 107 Å². The number of aromatic amines is 1. The van der Waals surface area contributed by atoms with Crippen molar-refractivity contribution in [1.29, 1.82) is 0 Å². The van der Waals surface area contributed by atoms with Gasteiger partial charge in [-0.3, -0.25) is 34.1 Å². The van der Waals surface area contributed by atoms with E-state index in [1.165, 1.54) is 6.20 Å². The molecule has 2 aromatic heterocycles. The fourth-order valence-electron chi connectivity index (χ4n) is 10.7. The van der Waals surface area contributed by atoms with Gasteiger partial charge in [-0.1, -0.05) is 12.1 Å². The Kier molecular flexibility index (Phi) is 11.8. The number of halogens is 3. The maximum Gasteiger partial charge on any atom is 0.301 e. The van der Waals surface area contributed by atoms with E-state index in [1.54, 1.807) is 17.2 Å². The van der Waals surface area contributed by atoms with Gasteiger partial charge in [0, 0.05) is 117 Å². The highest BCUT2D eigenvalue weighted by molar-refractivity contribution is 7.90. The second-order valence-corrected chi connectivity index (χ2v) is 20.6. The summed E-state index contributed by atoms with van der Waals surface area (Å²) in [5.74, 6) is -3.94. The number of carbonyl (C=O) groups is 4. The van der Waals surface area contributed by atoms with Crippen LogP contribution < -0.4 is 19.8 Å². The number of hydrogen-bond donors (Lipinski definition) is 3. The third kappa shape index (κ3) is 8.37. The van der Waals surface area contributed by atoms with E-state index in [-0.39, 0.29) is 48.8 Å². The minimum Gasteiger partial charge on any atom is -0.372 e. The summed E-state index contributed by atoms with van der Waals surface area (Å²) in [5.41, 5.74) is 3.87. The van der Waals surface area contributed by atoms with Gasteiger partial charge < -0.3 is 19.7 Å². The van der Waals surface area contributed by atoms with E-state index < -0.39 is 57.0 Å². The SMILES string of the molecule is CC(C)(C1CCN(c2ccc3c(c2)CN(C2CCC(=O)NC2=O)C3=O)CC1)N1CCN(c2ccc(-c3cnc4[nH]cc(C(=O)c5c(F)ccc(NS(=O)(=O)N6CC[C@@H](F)C6)c5F)c4c3)cc2)CC1. The van der Waals surface area contributed by atoms with E-state index in [4.69, 9.17) is 0 Å². The minimum atomic E-state index is -4.36. The quantitative estimate of drug-likeness (QED) is 0.105. The van der Waals surface area contributed by atoms with Gasteiger partial charge in [-0.05, 0) is 105 Å². The minimum absolute atomic E-state index is 0.00206. The Bertz CT molecular complexity index is 2950. The number of alkyl halides is 1. The van der Waals surface area contributed by atoms with Crippen LogP contribution in [0.3, 0.4) is 0 Å². The molecular formula is C49H52F3N9O6S. The average molecular weight is 952 g/mol. The number of amides is 3. The Morgan fingerprint density at radius 2 is 1.56 bits per heavy atom. The molecule has 3 N–H and O–H groups in total. The summed E-state index contributed by atoms with van der Waals surface area (Å²) in [5, 5.41) is 2.70. The molecule has 0 bridgehead atoms. The zero-order chi connectivity index (χ0) is 47.6. The molecule has 0 saturated carbocycles. The average Bonchev–Trinajstić information content (AvgIpc) is 4.07. The molecule has 3 aromatic carbocycles. The predicted octanol–water partition coefficient (Wildman–Crippen LogP) is 6.02. The van der Waals surface area contributed by atoms with Crippen LogP contribution in [-0.4, -0.2) is 126 Å². The van der Waals surface area contributed by atoms with Crippen LogP contribution in [-0.2, 0) is 26.3 Å². The van der Waals surface area contributed by atoms with Gasteiger partial charge in [-0.2, -0.15) is 12.7 Å². The molecule has 0 aliphatic carbocycles. The molecule has 2 atom stereocenters. The summed E-state index contributed by atoms with van der Waals surface area (Å²) in [4.78, 5) is 67.6. The number of nitrogens with one attached hydrogen (secondary N) is 3. The van der Waals surface area contributed by atoms with Crippen molar-refractivity contribution in [2.75, 3.05) is 66.9 Å². The second-order valence-electron chi connectivity index (χ2n) is 19.0. The topological polar surface area (TPSA) is 171 Å². The highest BCUT2D eigenvalue weighted by Crippen LogP contribution is 2.38. The van der Waals surface area contributed by atoms with E-state index in [1.807, 2.05) is 41.1 Å². The first-order chi connectivity index (χ1) is 32.5. The number of rotatable bonds is 11. The molecule has 68 heavy (non-hydrogen) atoms.